The van der Waals surface area contributed by atoms with E-state index in [-0.39, 0.29) is 0 Å². The topological polar surface area (TPSA) is 9.23 Å². The number of para-hydroxylation sites is 1. The molecular weight excluding hydrogens is 408 g/mol. The van der Waals surface area contributed by atoms with Gasteiger partial charge in [-0.3, -0.25) is 0 Å². The lowest BCUT2D eigenvalue weighted by molar-refractivity contribution is 0.194. The molecule has 172 valence electrons. The molecule has 2 atom stereocenters. The van der Waals surface area contributed by atoms with Gasteiger partial charge in [0.2, 0.25) is 0 Å². The fourth-order valence-corrected chi connectivity index (χ4v) is 4.52. The molecule has 30 heavy (non-hydrogen) atoms. The van der Waals surface area contributed by atoms with Gasteiger partial charge in [-0.05, 0) is 62.3 Å². The molecule has 0 bridgehead atoms. The zero-order valence-corrected chi connectivity index (χ0v) is 20.9. The Hall–Kier alpha value is -0.600. The number of ether oxygens (including phenoxy) is 1. The van der Waals surface area contributed by atoms with E-state index in [0.717, 1.165) is 30.4 Å². The SMILES string of the molecule is CCCCCCCC/C=C\CCCCC(CCCCl)C(CS)COc1ccccc1. The van der Waals surface area contributed by atoms with Crippen molar-refractivity contribution >= 4 is 24.2 Å². The van der Waals surface area contributed by atoms with E-state index >= 15 is 0 Å². The smallest absolute Gasteiger partial charge is 0.119 e. The Kier molecular flexibility index (Phi) is 18.6. The highest BCUT2D eigenvalue weighted by Gasteiger charge is 2.20. The van der Waals surface area contributed by atoms with Crippen molar-refractivity contribution in [3.63, 3.8) is 0 Å². The maximum Gasteiger partial charge on any atom is 0.119 e. The number of unbranched alkanes of at least 4 members (excludes halogenated alkanes) is 8. The van der Waals surface area contributed by atoms with Crippen LogP contribution in [0.5, 0.6) is 5.75 Å². The molecule has 0 saturated heterocycles. The van der Waals surface area contributed by atoms with Crippen molar-refractivity contribution < 1.29 is 4.74 Å². The van der Waals surface area contributed by atoms with Gasteiger partial charge in [0.05, 0.1) is 6.61 Å². The molecule has 0 aliphatic heterocycles. The highest BCUT2D eigenvalue weighted by molar-refractivity contribution is 7.80. The highest BCUT2D eigenvalue weighted by Crippen LogP contribution is 2.27. The van der Waals surface area contributed by atoms with E-state index in [1.165, 1.54) is 77.0 Å². The summed E-state index contributed by atoms with van der Waals surface area (Å²) in [6, 6.07) is 10.1. The van der Waals surface area contributed by atoms with Gasteiger partial charge in [0, 0.05) is 11.8 Å². The average molecular weight is 453 g/mol. The zero-order valence-electron chi connectivity index (χ0n) is 19.2. The molecular formula is C27H45ClOS. The molecule has 0 radical (unpaired) electrons. The van der Waals surface area contributed by atoms with E-state index in [2.05, 4.69) is 31.7 Å². The third-order valence-corrected chi connectivity index (χ3v) is 6.64. The number of allylic oxidation sites excluding steroid dienone is 2. The standard InChI is InChI=1S/C27H45ClOS/c1-2-3-4-5-6-7-8-9-10-11-12-14-18-25(19-17-22-28)26(24-30)23-29-27-20-15-13-16-21-27/h9-10,13,15-16,20-21,25-26,30H,2-8,11-12,14,17-19,22-24H2,1H3/b10-9-. The van der Waals surface area contributed by atoms with Gasteiger partial charge in [-0.2, -0.15) is 12.6 Å². The molecule has 0 N–H and O–H groups in total. The first kappa shape index (κ1) is 27.4. The molecule has 3 heteroatoms. The number of thiol groups is 1. The second-order valence-corrected chi connectivity index (χ2v) is 9.21. The van der Waals surface area contributed by atoms with Crippen molar-refractivity contribution in [2.75, 3.05) is 18.2 Å². The molecule has 0 aliphatic carbocycles. The second kappa shape index (κ2) is 20.3. The molecule has 0 spiro atoms. The Bertz CT molecular complexity index is 505. The molecule has 0 aliphatic rings. The monoisotopic (exact) mass is 452 g/mol. The summed E-state index contributed by atoms with van der Waals surface area (Å²) in [5.41, 5.74) is 0. The third kappa shape index (κ3) is 14.4. The average Bonchev–Trinajstić information content (AvgIpc) is 2.78. The molecule has 1 aromatic rings. The van der Waals surface area contributed by atoms with Crippen molar-refractivity contribution in [2.24, 2.45) is 11.8 Å². The van der Waals surface area contributed by atoms with E-state index in [1.54, 1.807) is 0 Å². The van der Waals surface area contributed by atoms with Gasteiger partial charge in [0.25, 0.3) is 0 Å². The van der Waals surface area contributed by atoms with Crippen LogP contribution >= 0.6 is 24.2 Å². The molecule has 0 heterocycles. The summed E-state index contributed by atoms with van der Waals surface area (Å²) in [5, 5.41) is 0. The molecule has 1 rings (SSSR count). The minimum Gasteiger partial charge on any atom is -0.493 e. The van der Waals surface area contributed by atoms with Crippen LogP contribution in [-0.2, 0) is 0 Å². The summed E-state index contributed by atoms with van der Waals surface area (Å²) in [7, 11) is 0. The summed E-state index contributed by atoms with van der Waals surface area (Å²) >= 11 is 10.6. The maximum atomic E-state index is 6.04. The summed E-state index contributed by atoms with van der Waals surface area (Å²) in [6.45, 7) is 3.03. The predicted octanol–water partition coefficient (Wildman–Crippen LogP) is 9.11. The molecule has 0 aromatic heterocycles. The first-order valence-corrected chi connectivity index (χ1v) is 13.5. The van der Waals surface area contributed by atoms with Crippen molar-refractivity contribution in [2.45, 2.75) is 90.4 Å². The van der Waals surface area contributed by atoms with Crippen molar-refractivity contribution in [3.8, 4) is 5.75 Å². The zero-order chi connectivity index (χ0) is 21.7. The van der Waals surface area contributed by atoms with Gasteiger partial charge >= 0.3 is 0 Å². The second-order valence-electron chi connectivity index (χ2n) is 8.47. The molecule has 0 amide bonds. The number of halogens is 1. The Balaban J connectivity index is 2.23. The lowest BCUT2D eigenvalue weighted by Crippen LogP contribution is -2.24. The van der Waals surface area contributed by atoms with Crippen molar-refractivity contribution in [1.29, 1.82) is 0 Å². The fourth-order valence-electron chi connectivity index (χ4n) is 3.96. The van der Waals surface area contributed by atoms with Crippen LogP contribution in [0.25, 0.3) is 0 Å². The predicted molar refractivity (Wildman–Crippen MR) is 138 cm³/mol. The number of benzene rings is 1. The van der Waals surface area contributed by atoms with Gasteiger partial charge in [0.1, 0.15) is 5.75 Å². The Morgan fingerprint density at radius 3 is 2.13 bits per heavy atom. The lowest BCUT2D eigenvalue weighted by Gasteiger charge is -2.26. The van der Waals surface area contributed by atoms with Gasteiger partial charge in [-0.1, -0.05) is 82.2 Å². The van der Waals surface area contributed by atoms with Crippen LogP contribution in [0, 0.1) is 11.8 Å². The van der Waals surface area contributed by atoms with E-state index in [0.29, 0.717) is 11.8 Å². The summed E-state index contributed by atoms with van der Waals surface area (Å²) < 4.78 is 6.04. The summed E-state index contributed by atoms with van der Waals surface area (Å²) in [6.07, 6.45) is 21.6. The van der Waals surface area contributed by atoms with Crippen LogP contribution in [0.1, 0.15) is 90.4 Å². The normalized spacial score (nSPS) is 13.6. The van der Waals surface area contributed by atoms with E-state index in [9.17, 15) is 0 Å². The fraction of sp³-hybridized carbons (Fsp3) is 0.704. The molecule has 0 fully saturated rings. The molecule has 1 nitrogen and oxygen atoms in total. The minimum absolute atomic E-state index is 0.486. The number of rotatable bonds is 20. The van der Waals surface area contributed by atoms with Gasteiger partial charge in [-0.15, -0.1) is 11.6 Å². The van der Waals surface area contributed by atoms with Crippen LogP contribution in [0.2, 0.25) is 0 Å². The number of alkyl halides is 1. The van der Waals surface area contributed by atoms with Crippen LogP contribution in [-0.4, -0.2) is 18.2 Å². The first-order chi connectivity index (χ1) is 14.8. The van der Waals surface area contributed by atoms with E-state index in [4.69, 9.17) is 16.3 Å². The number of hydrogen-bond donors (Lipinski definition) is 1. The van der Waals surface area contributed by atoms with Gasteiger partial charge < -0.3 is 4.74 Å². The molecule has 1 aromatic carbocycles. The number of hydrogen-bond acceptors (Lipinski definition) is 2. The van der Waals surface area contributed by atoms with E-state index < -0.39 is 0 Å². The summed E-state index contributed by atoms with van der Waals surface area (Å²) in [4.78, 5) is 0. The van der Waals surface area contributed by atoms with Gasteiger partial charge in [0.15, 0.2) is 0 Å². The first-order valence-electron chi connectivity index (χ1n) is 12.3. The Labute approximate surface area is 197 Å². The van der Waals surface area contributed by atoms with E-state index in [1.807, 2.05) is 30.3 Å². The van der Waals surface area contributed by atoms with Crippen molar-refractivity contribution in [3.05, 3.63) is 42.5 Å². The van der Waals surface area contributed by atoms with Crippen LogP contribution in [0.4, 0.5) is 0 Å². The summed E-state index contributed by atoms with van der Waals surface area (Å²) in [5.74, 6) is 3.71. The Morgan fingerprint density at radius 2 is 1.47 bits per heavy atom. The third-order valence-electron chi connectivity index (χ3n) is 5.90. The Morgan fingerprint density at radius 1 is 0.833 bits per heavy atom. The van der Waals surface area contributed by atoms with Gasteiger partial charge in [-0.25, -0.2) is 0 Å². The maximum absolute atomic E-state index is 6.04. The molecule has 0 saturated carbocycles. The largest absolute Gasteiger partial charge is 0.493 e. The highest BCUT2D eigenvalue weighted by atomic mass is 35.5. The van der Waals surface area contributed by atoms with Crippen LogP contribution in [0.15, 0.2) is 42.5 Å². The molecule has 2 unspecified atom stereocenters. The van der Waals surface area contributed by atoms with Crippen LogP contribution < -0.4 is 4.74 Å². The minimum atomic E-state index is 0.486. The van der Waals surface area contributed by atoms with Crippen molar-refractivity contribution in [1.82, 2.24) is 0 Å². The quantitative estimate of drug-likeness (QED) is 0.0897. The lowest BCUT2D eigenvalue weighted by atomic mass is 9.85. The van der Waals surface area contributed by atoms with Crippen LogP contribution in [0.3, 0.4) is 0 Å².